The van der Waals surface area contributed by atoms with Crippen molar-refractivity contribution in [2.45, 2.75) is 0 Å². The number of phenolic OH excluding ortho intramolecular Hbond substituents is 1. The number of rotatable bonds is 5. The zero-order chi connectivity index (χ0) is 19.7. The highest BCUT2D eigenvalue weighted by Crippen LogP contribution is 2.50. The predicted octanol–water partition coefficient (Wildman–Crippen LogP) is 2.91. The van der Waals surface area contributed by atoms with Gasteiger partial charge in [0.05, 0.1) is 28.4 Å². The monoisotopic (exact) mass is 374 g/mol. The summed E-state index contributed by atoms with van der Waals surface area (Å²) in [4.78, 5) is 12.8. The summed E-state index contributed by atoms with van der Waals surface area (Å²) in [5.74, 6) is -0.663. The van der Waals surface area contributed by atoms with E-state index in [0.29, 0.717) is 11.3 Å². The normalized spacial score (nSPS) is 10.7. The molecule has 142 valence electrons. The number of benzene rings is 2. The van der Waals surface area contributed by atoms with Gasteiger partial charge < -0.3 is 33.6 Å². The third-order valence-electron chi connectivity index (χ3n) is 4.12. The quantitative estimate of drug-likeness (QED) is 0.702. The minimum atomic E-state index is -0.782. The molecule has 0 aliphatic heterocycles. The standard InChI is InChI=1S/C19H18O8/c1-23-10-7-5-9(6-8-10)15-13(21)12(20)11-16(27-15)14(22)18(25-3)19(26-4)17(11)24-2/h5-8,21-22H,1-4H3. The molecule has 8 heteroatoms. The minimum Gasteiger partial charge on any atom is -0.502 e. The van der Waals surface area contributed by atoms with Crippen LogP contribution < -0.4 is 24.4 Å². The fraction of sp³-hybridized carbons (Fsp3) is 0.211. The molecule has 0 saturated carbocycles. The predicted molar refractivity (Wildman–Crippen MR) is 97.5 cm³/mol. The van der Waals surface area contributed by atoms with Gasteiger partial charge in [0.2, 0.25) is 28.4 Å². The summed E-state index contributed by atoms with van der Waals surface area (Å²) in [5, 5.41) is 20.8. The van der Waals surface area contributed by atoms with E-state index >= 15 is 0 Å². The Labute approximate surface area is 154 Å². The van der Waals surface area contributed by atoms with Gasteiger partial charge in [0.15, 0.2) is 17.1 Å². The van der Waals surface area contributed by atoms with Gasteiger partial charge >= 0.3 is 0 Å². The average Bonchev–Trinajstić information content (AvgIpc) is 2.70. The molecule has 0 atom stereocenters. The summed E-state index contributed by atoms with van der Waals surface area (Å²) in [5.41, 5.74) is -0.561. The second-order valence-electron chi connectivity index (χ2n) is 5.49. The summed E-state index contributed by atoms with van der Waals surface area (Å²) in [6.45, 7) is 0. The lowest BCUT2D eigenvalue weighted by molar-refractivity contribution is 0.311. The van der Waals surface area contributed by atoms with Gasteiger partial charge in [-0.05, 0) is 24.3 Å². The SMILES string of the molecule is COc1ccc(-c2oc3c(O)c(OC)c(OC)c(OC)c3c(=O)c2O)cc1. The maximum absolute atomic E-state index is 12.8. The lowest BCUT2D eigenvalue weighted by atomic mass is 10.1. The summed E-state index contributed by atoms with van der Waals surface area (Å²) in [7, 11) is 5.50. The van der Waals surface area contributed by atoms with Crippen molar-refractivity contribution in [1.82, 2.24) is 0 Å². The van der Waals surface area contributed by atoms with E-state index in [9.17, 15) is 15.0 Å². The molecule has 0 amide bonds. The number of hydrogen-bond acceptors (Lipinski definition) is 8. The van der Waals surface area contributed by atoms with E-state index in [1.165, 1.54) is 28.4 Å². The van der Waals surface area contributed by atoms with E-state index in [0.717, 1.165) is 0 Å². The van der Waals surface area contributed by atoms with Crippen molar-refractivity contribution in [3.05, 3.63) is 34.5 Å². The summed E-state index contributed by atoms with van der Waals surface area (Å²) in [6.07, 6.45) is 0. The Morgan fingerprint density at radius 3 is 1.89 bits per heavy atom. The highest BCUT2D eigenvalue weighted by Gasteiger charge is 2.28. The fourth-order valence-corrected chi connectivity index (χ4v) is 2.83. The van der Waals surface area contributed by atoms with Crippen molar-refractivity contribution in [3.8, 4) is 45.8 Å². The Morgan fingerprint density at radius 1 is 0.778 bits per heavy atom. The van der Waals surface area contributed by atoms with Crippen LogP contribution in [0.25, 0.3) is 22.3 Å². The van der Waals surface area contributed by atoms with Crippen LogP contribution in [-0.4, -0.2) is 38.7 Å². The maximum atomic E-state index is 12.8. The van der Waals surface area contributed by atoms with E-state index in [-0.39, 0.29) is 34.0 Å². The Morgan fingerprint density at radius 2 is 1.37 bits per heavy atom. The average molecular weight is 374 g/mol. The van der Waals surface area contributed by atoms with E-state index < -0.39 is 16.9 Å². The van der Waals surface area contributed by atoms with Crippen LogP contribution in [0.2, 0.25) is 0 Å². The lowest BCUT2D eigenvalue weighted by Gasteiger charge is -2.16. The van der Waals surface area contributed by atoms with Crippen molar-refractivity contribution >= 4 is 11.0 Å². The first-order valence-corrected chi connectivity index (χ1v) is 7.83. The van der Waals surface area contributed by atoms with Gasteiger partial charge in [0.25, 0.3) is 0 Å². The molecule has 2 N–H and O–H groups in total. The molecular formula is C19H18O8. The zero-order valence-electron chi connectivity index (χ0n) is 15.2. The molecule has 8 nitrogen and oxygen atoms in total. The van der Waals surface area contributed by atoms with Crippen LogP contribution in [0.1, 0.15) is 0 Å². The number of aromatic hydroxyl groups is 2. The maximum Gasteiger partial charge on any atom is 0.239 e. The summed E-state index contributed by atoms with van der Waals surface area (Å²) < 4.78 is 26.4. The minimum absolute atomic E-state index is 0.00824. The number of phenols is 1. The van der Waals surface area contributed by atoms with Gasteiger partial charge in [-0.3, -0.25) is 4.79 Å². The Balaban J connectivity index is 2.42. The molecule has 2 aromatic carbocycles. The Hall–Kier alpha value is -3.55. The zero-order valence-corrected chi connectivity index (χ0v) is 15.2. The van der Waals surface area contributed by atoms with Gasteiger partial charge in [-0.15, -0.1) is 0 Å². The highest BCUT2D eigenvalue weighted by atomic mass is 16.5. The van der Waals surface area contributed by atoms with Gasteiger partial charge in [-0.2, -0.15) is 0 Å². The van der Waals surface area contributed by atoms with Gasteiger partial charge in [-0.25, -0.2) is 0 Å². The van der Waals surface area contributed by atoms with Gasteiger partial charge in [0, 0.05) is 5.56 Å². The lowest BCUT2D eigenvalue weighted by Crippen LogP contribution is -2.07. The molecule has 1 aromatic heterocycles. The van der Waals surface area contributed by atoms with E-state index in [1.807, 2.05) is 0 Å². The first-order valence-electron chi connectivity index (χ1n) is 7.83. The molecule has 0 saturated heterocycles. The van der Waals surface area contributed by atoms with E-state index in [4.69, 9.17) is 23.4 Å². The third-order valence-corrected chi connectivity index (χ3v) is 4.12. The van der Waals surface area contributed by atoms with E-state index in [2.05, 4.69) is 0 Å². The van der Waals surface area contributed by atoms with Crippen LogP contribution in [-0.2, 0) is 0 Å². The van der Waals surface area contributed by atoms with Crippen molar-refractivity contribution in [2.24, 2.45) is 0 Å². The number of fused-ring (bicyclic) bond motifs is 1. The molecule has 3 aromatic rings. The molecule has 0 spiro atoms. The first-order chi connectivity index (χ1) is 13.0. The summed E-state index contributed by atoms with van der Waals surface area (Å²) in [6, 6.07) is 6.51. The summed E-state index contributed by atoms with van der Waals surface area (Å²) >= 11 is 0. The van der Waals surface area contributed by atoms with Crippen molar-refractivity contribution in [2.75, 3.05) is 28.4 Å². The van der Waals surface area contributed by atoms with Crippen LogP contribution in [0.3, 0.4) is 0 Å². The van der Waals surface area contributed by atoms with Crippen LogP contribution in [0, 0.1) is 0 Å². The van der Waals surface area contributed by atoms with E-state index in [1.54, 1.807) is 24.3 Å². The van der Waals surface area contributed by atoms with Gasteiger partial charge in [0.1, 0.15) is 11.1 Å². The molecule has 3 rings (SSSR count). The van der Waals surface area contributed by atoms with Crippen LogP contribution in [0.4, 0.5) is 0 Å². The van der Waals surface area contributed by atoms with Crippen molar-refractivity contribution < 1.29 is 33.6 Å². The number of hydrogen-bond donors (Lipinski definition) is 2. The van der Waals surface area contributed by atoms with Crippen molar-refractivity contribution in [3.63, 3.8) is 0 Å². The first kappa shape index (κ1) is 18.2. The smallest absolute Gasteiger partial charge is 0.239 e. The van der Waals surface area contributed by atoms with Crippen LogP contribution >= 0.6 is 0 Å². The number of ether oxygens (including phenoxy) is 4. The fourth-order valence-electron chi connectivity index (χ4n) is 2.83. The molecule has 0 fully saturated rings. The molecule has 0 bridgehead atoms. The van der Waals surface area contributed by atoms with Gasteiger partial charge in [-0.1, -0.05) is 0 Å². The molecule has 0 aliphatic rings. The molecule has 0 unspecified atom stereocenters. The van der Waals surface area contributed by atoms with Crippen LogP contribution in [0.15, 0.2) is 33.5 Å². The molecule has 0 aliphatic carbocycles. The second-order valence-corrected chi connectivity index (χ2v) is 5.49. The largest absolute Gasteiger partial charge is 0.502 e. The molecule has 27 heavy (non-hydrogen) atoms. The second kappa shape index (κ2) is 6.99. The highest BCUT2D eigenvalue weighted by molar-refractivity contribution is 5.96. The molecular weight excluding hydrogens is 356 g/mol. The topological polar surface area (TPSA) is 108 Å². The van der Waals surface area contributed by atoms with Crippen molar-refractivity contribution in [1.29, 1.82) is 0 Å². The number of methoxy groups -OCH3 is 4. The molecule has 1 heterocycles. The Kier molecular flexibility index (Phi) is 4.72. The third kappa shape index (κ3) is 2.75. The Bertz CT molecular complexity index is 1050. The molecule has 0 radical (unpaired) electrons. The van der Waals surface area contributed by atoms with Crippen LogP contribution in [0.5, 0.6) is 34.5 Å².